The number of nitrogens with two attached hydrogens (primary N) is 1. The zero-order valence-electron chi connectivity index (χ0n) is 4.30. The Labute approximate surface area is 61.1 Å². The van der Waals surface area contributed by atoms with Crippen LogP contribution in [-0.4, -0.2) is 22.3 Å². The summed E-state index contributed by atoms with van der Waals surface area (Å²) in [6.07, 6.45) is 0. The van der Waals surface area contributed by atoms with E-state index >= 15 is 0 Å². The van der Waals surface area contributed by atoms with Crippen LogP contribution in [0, 0.1) is 0 Å². The van der Waals surface area contributed by atoms with Gasteiger partial charge in [-0.15, -0.1) is 0 Å². The molecule has 0 aliphatic carbocycles. The zero-order chi connectivity index (χ0) is 5.98. The lowest BCUT2D eigenvalue weighted by Gasteiger charge is -1.94. The molecule has 1 unspecified atom stereocenters. The lowest BCUT2D eigenvalue weighted by Crippen LogP contribution is -2.15. The van der Waals surface area contributed by atoms with Crippen molar-refractivity contribution >= 4 is 32.7 Å². The van der Waals surface area contributed by atoms with Gasteiger partial charge in [-0.1, -0.05) is 27.7 Å². The molecule has 8 heavy (non-hydrogen) atoms. The topological polar surface area (TPSA) is 38.4 Å². The third-order valence-corrected chi connectivity index (χ3v) is 2.75. The van der Waals surface area contributed by atoms with E-state index in [-0.39, 0.29) is 5.37 Å². The van der Waals surface area contributed by atoms with Gasteiger partial charge in [0, 0.05) is 0 Å². The monoisotopic (exact) mass is 194 g/mol. The van der Waals surface area contributed by atoms with Gasteiger partial charge in [-0.05, 0) is 0 Å². The van der Waals surface area contributed by atoms with Gasteiger partial charge in [0.2, 0.25) is 0 Å². The van der Waals surface area contributed by atoms with Gasteiger partial charge in [0.05, 0.1) is 22.3 Å². The van der Waals surface area contributed by atoms with Crippen LogP contribution in [0.3, 0.4) is 0 Å². The molecule has 0 spiro atoms. The van der Waals surface area contributed by atoms with Gasteiger partial charge in [-0.2, -0.15) is 0 Å². The standard InChI is InChI=1S/C4H7BrN2S/c5-1-4-7-2-3(6)8-4/h3H,1-2,6H2. The van der Waals surface area contributed by atoms with E-state index in [2.05, 4.69) is 20.9 Å². The highest BCUT2D eigenvalue weighted by Gasteiger charge is 2.12. The Balaban J connectivity index is 2.37. The second-order valence-electron chi connectivity index (χ2n) is 1.52. The van der Waals surface area contributed by atoms with Crippen molar-refractivity contribution in [1.82, 2.24) is 0 Å². The van der Waals surface area contributed by atoms with E-state index in [1.165, 1.54) is 0 Å². The molecule has 1 atom stereocenters. The molecule has 4 heteroatoms. The number of hydrogen-bond donors (Lipinski definition) is 1. The molecular weight excluding hydrogens is 188 g/mol. The van der Waals surface area contributed by atoms with Crippen molar-refractivity contribution in [1.29, 1.82) is 0 Å². The lowest BCUT2D eigenvalue weighted by molar-refractivity contribution is 0.935. The van der Waals surface area contributed by atoms with Crippen molar-refractivity contribution in [3.8, 4) is 0 Å². The smallest absolute Gasteiger partial charge is 0.0798 e. The molecular formula is C4H7BrN2S. The van der Waals surface area contributed by atoms with Gasteiger partial charge in [0.1, 0.15) is 0 Å². The lowest BCUT2D eigenvalue weighted by atomic mass is 10.7. The molecule has 0 radical (unpaired) electrons. The third kappa shape index (κ3) is 1.47. The molecule has 0 amide bonds. The number of alkyl halides is 1. The van der Waals surface area contributed by atoms with E-state index in [1.807, 2.05) is 0 Å². The molecule has 0 aromatic carbocycles. The number of nitrogens with zero attached hydrogens (tertiary/aromatic N) is 1. The van der Waals surface area contributed by atoms with Crippen LogP contribution in [0.2, 0.25) is 0 Å². The van der Waals surface area contributed by atoms with Gasteiger partial charge in [-0.3, -0.25) is 4.99 Å². The van der Waals surface area contributed by atoms with Crippen LogP contribution in [0.1, 0.15) is 0 Å². The van der Waals surface area contributed by atoms with E-state index in [0.717, 1.165) is 16.9 Å². The first kappa shape index (κ1) is 6.58. The minimum absolute atomic E-state index is 0.211. The highest BCUT2D eigenvalue weighted by atomic mass is 79.9. The molecule has 0 aromatic rings. The maximum absolute atomic E-state index is 5.53. The Hall–Kier alpha value is 0.460. The molecule has 1 aliphatic heterocycles. The van der Waals surface area contributed by atoms with Gasteiger partial charge >= 0.3 is 0 Å². The number of thioether (sulfide) groups is 1. The summed E-state index contributed by atoms with van der Waals surface area (Å²) < 4.78 is 0. The first-order valence-corrected chi connectivity index (χ1v) is 4.34. The summed E-state index contributed by atoms with van der Waals surface area (Å²) in [5.41, 5.74) is 5.53. The van der Waals surface area contributed by atoms with Crippen molar-refractivity contribution in [2.24, 2.45) is 10.7 Å². The predicted molar refractivity (Wildman–Crippen MR) is 41.7 cm³/mol. The molecule has 2 nitrogen and oxygen atoms in total. The molecule has 1 rings (SSSR count). The molecule has 0 saturated heterocycles. The number of hydrogen-bond acceptors (Lipinski definition) is 3. The SMILES string of the molecule is NC1CN=C(CBr)S1. The highest BCUT2D eigenvalue weighted by Crippen LogP contribution is 2.17. The predicted octanol–water partition coefficient (Wildman–Crippen LogP) is 0.811. The van der Waals surface area contributed by atoms with Crippen LogP contribution in [-0.2, 0) is 0 Å². The van der Waals surface area contributed by atoms with Gasteiger partial charge in [0.15, 0.2) is 0 Å². The van der Waals surface area contributed by atoms with Gasteiger partial charge in [0.25, 0.3) is 0 Å². The fourth-order valence-corrected chi connectivity index (χ4v) is 1.80. The molecule has 46 valence electrons. The first-order valence-electron chi connectivity index (χ1n) is 2.34. The Morgan fingerprint density at radius 1 is 2.00 bits per heavy atom. The maximum atomic E-state index is 5.53. The highest BCUT2D eigenvalue weighted by molar-refractivity contribution is 9.09. The molecule has 0 fully saturated rings. The van der Waals surface area contributed by atoms with Crippen LogP contribution >= 0.6 is 27.7 Å². The van der Waals surface area contributed by atoms with E-state index in [9.17, 15) is 0 Å². The minimum atomic E-state index is 0.211. The second kappa shape index (κ2) is 2.85. The van der Waals surface area contributed by atoms with Crippen LogP contribution in [0.5, 0.6) is 0 Å². The minimum Gasteiger partial charge on any atom is -0.317 e. The third-order valence-electron chi connectivity index (χ3n) is 0.849. The normalized spacial score (nSPS) is 28.2. The summed E-state index contributed by atoms with van der Waals surface area (Å²) in [6, 6.07) is 0. The summed E-state index contributed by atoms with van der Waals surface area (Å²) >= 11 is 4.94. The molecule has 0 bridgehead atoms. The summed E-state index contributed by atoms with van der Waals surface area (Å²) in [5.74, 6) is 0. The van der Waals surface area contributed by atoms with Gasteiger partial charge < -0.3 is 5.73 Å². The zero-order valence-corrected chi connectivity index (χ0v) is 6.70. The Bertz CT molecular complexity index is 115. The molecule has 0 saturated carbocycles. The Morgan fingerprint density at radius 3 is 3.00 bits per heavy atom. The van der Waals surface area contributed by atoms with Crippen LogP contribution in [0.4, 0.5) is 0 Å². The Kier molecular flexibility index (Phi) is 2.34. The average molecular weight is 195 g/mol. The van der Waals surface area contributed by atoms with Crippen LogP contribution in [0.25, 0.3) is 0 Å². The van der Waals surface area contributed by atoms with E-state index in [0.29, 0.717) is 0 Å². The van der Waals surface area contributed by atoms with Crippen LogP contribution < -0.4 is 5.73 Å². The molecule has 1 heterocycles. The van der Waals surface area contributed by atoms with E-state index in [4.69, 9.17) is 5.73 Å². The second-order valence-corrected chi connectivity index (χ2v) is 3.40. The first-order chi connectivity index (χ1) is 3.83. The quantitative estimate of drug-likeness (QED) is 0.629. The van der Waals surface area contributed by atoms with Gasteiger partial charge in [-0.25, -0.2) is 0 Å². The summed E-state index contributed by atoms with van der Waals surface area (Å²) in [7, 11) is 0. The largest absolute Gasteiger partial charge is 0.317 e. The van der Waals surface area contributed by atoms with Crippen LogP contribution in [0.15, 0.2) is 4.99 Å². The number of halogens is 1. The molecule has 0 aromatic heterocycles. The molecule has 1 aliphatic rings. The summed E-state index contributed by atoms with van der Waals surface area (Å²) in [6.45, 7) is 0.783. The fraction of sp³-hybridized carbons (Fsp3) is 0.750. The molecule has 2 N–H and O–H groups in total. The van der Waals surface area contributed by atoms with Crippen molar-refractivity contribution < 1.29 is 0 Å². The van der Waals surface area contributed by atoms with Crippen molar-refractivity contribution in [2.75, 3.05) is 11.9 Å². The number of aliphatic imine (C=N–C) groups is 1. The summed E-state index contributed by atoms with van der Waals surface area (Å²) in [5, 5.41) is 2.19. The number of rotatable bonds is 1. The van der Waals surface area contributed by atoms with Crippen molar-refractivity contribution in [3.63, 3.8) is 0 Å². The maximum Gasteiger partial charge on any atom is 0.0798 e. The fourth-order valence-electron chi connectivity index (χ4n) is 0.515. The van der Waals surface area contributed by atoms with Crippen molar-refractivity contribution in [2.45, 2.75) is 5.37 Å². The average Bonchev–Trinajstić information content (AvgIpc) is 2.14. The van der Waals surface area contributed by atoms with E-state index < -0.39 is 0 Å². The van der Waals surface area contributed by atoms with Crippen molar-refractivity contribution in [3.05, 3.63) is 0 Å². The summed E-state index contributed by atoms with van der Waals surface area (Å²) in [4.78, 5) is 4.14. The van der Waals surface area contributed by atoms with E-state index in [1.54, 1.807) is 11.8 Å². The Morgan fingerprint density at radius 2 is 2.75 bits per heavy atom.